The summed E-state index contributed by atoms with van der Waals surface area (Å²) in [6.45, 7) is 3.76. The first-order chi connectivity index (χ1) is 34.5. The minimum absolute atomic E-state index is 0.0896. The molecule has 1 aliphatic heterocycles. The van der Waals surface area contributed by atoms with Crippen molar-refractivity contribution in [1.82, 2.24) is 0 Å². The number of carbonyl (C=O) groups is 2. The second kappa shape index (κ2) is 47.3. The molecular weight excluding hydrogens is 921 g/mol. The summed E-state index contributed by atoms with van der Waals surface area (Å²) in [5.74, 6) is -2.05. The van der Waals surface area contributed by atoms with Crippen LogP contribution in [0, 0.1) is 0 Å². The molecule has 71 heavy (non-hydrogen) atoms. The maximum atomic E-state index is 12.9. The lowest BCUT2D eigenvalue weighted by Gasteiger charge is -2.40. The Bertz CT molecular complexity index is 1480. The van der Waals surface area contributed by atoms with E-state index in [2.05, 4.69) is 50.3 Å². The van der Waals surface area contributed by atoms with Gasteiger partial charge in [0.15, 0.2) is 12.4 Å². The first-order valence-electron chi connectivity index (χ1n) is 28.7. The first kappa shape index (κ1) is 66.6. The van der Waals surface area contributed by atoms with Crippen LogP contribution in [0.2, 0.25) is 0 Å². The van der Waals surface area contributed by atoms with Crippen LogP contribution in [0.25, 0.3) is 0 Å². The van der Waals surface area contributed by atoms with Gasteiger partial charge in [-0.05, 0) is 51.4 Å². The van der Waals surface area contributed by atoms with Gasteiger partial charge >= 0.3 is 11.9 Å². The maximum absolute atomic E-state index is 12.9. The molecule has 12 nitrogen and oxygen atoms in total. The Balaban J connectivity index is 2.35. The molecule has 0 bridgehead atoms. The average Bonchev–Trinajstić information content (AvgIpc) is 3.34. The van der Waals surface area contributed by atoms with Gasteiger partial charge in [0.25, 0.3) is 10.1 Å². The Morgan fingerprint density at radius 3 is 1.30 bits per heavy atom. The van der Waals surface area contributed by atoms with Crippen molar-refractivity contribution in [3.63, 3.8) is 0 Å². The summed E-state index contributed by atoms with van der Waals surface area (Å²) in [6.07, 6.45) is 50.2. The molecule has 0 radical (unpaired) electrons. The van der Waals surface area contributed by atoms with Crippen molar-refractivity contribution in [1.29, 1.82) is 0 Å². The van der Waals surface area contributed by atoms with Crippen molar-refractivity contribution in [2.75, 3.05) is 19.0 Å². The highest BCUT2D eigenvalue weighted by Crippen LogP contribution is 2.24. The van der Waals surface area contributed by atoms with Crippen molar-refractivity contribution >= 4 is 22.1 Å². The van der Waals surface area contributed by atoms with E-state index >= 15 is 0 Å². The van der Waals surface area contributed by atoms with Crippen LogP contribution < -0.4 is 0 Å². The number of hydrogen-bond donors (Lipinski definition) is 4. The van der Waals surface area contributed by atoms with E-state index in [0.29, 0.717) is 19.3 Å². The molecule has 0 saturated carbocycles. The Kier molecular flexibility index (Phi) is 44.4. The average molecular weight is 1030 g/mol. The molecule has 1 aliphatic rings. The lowest BCUT2D eigenvalue weighted by molar-refractivity contribution is -0.297. The molecule has 1 rings (SSSR count). The van der Waals surface area contributed by atoms with Gasteiger partial charge in [0.1, 0.15) is 36.8 Å². The fourth-order valence-electron chi connectivity index (χ4n) is 8.73. The number of rotatable bonds is 49. The van der Waals surface area contributed by atoms with Crippen LogP contribution in [-0.2, 0) is 38.7 Å². The Labute approximate surface area is 433 Å². The number of ether oxygens (including phenoxy) is 4. The fraction of sp³-hybridized carbons (Fsp3) is 0.828. The molecule has 0 aromatic carbocycles. The second-order valence-electron chi connectivity index (χ2n) is 20.0. The summed E-state index contributed by atoms with van der Waals surface area (Å²) in [5.41, 5.74) is 0. The molecule has 2 unspecified atom stereocenters. The van der Waals surface area contributed by atoms with Crippen LogP contribution in [0.3, 0.4) is 0 Å². The molecule has 414 valence electrons. The van der Waals surface area contributed by atoms with Crippen molar-refractivity contribution in [2.24, 2.45) is 0 Å². The van der Waals surface area contributed by atoms with E-state index in [1.165, 1.54) is 161 Å². The first-order valence-corrected chi connectivity index (χ1v) is 30.3. The van der Waals surface area contributed by atoms with E-state index in [4.69, 9.17) is 18.9 Å². The van der Waals surface area contributed by atoms with Crippen LogP contribution in [0.1, 0.15) is 251 Å². The van der Waals surface area contributed by atoms with Crippen molar-refractivity contribution in [2.45, 2.75) is 288 Å². The van der Waals surface area contributed by atoms with Gasteiger partial charge in [-0.25, -0.2) is 0 Å². The summed E-state index contributed by atoms with van der Waals surface area (Å²) >= 11 is 0. The van der Waals surface area contributed by atoms with Gasteiger partial charge < -0.3 is 34.3 Å². The molecule has 0 aliphatic carbocycles. The van der Waals surface area contributed by atoms with Gasteiger partial charge in [-0.3, -0.25) is 14.1 Å². The van der Waals surface area contributed by atoms with Crippen LogP contribution in [-0.4, -0.2) is 96.0 Å². The van der Waals surface area contributed by atoms with Crippen LogP contribution in [0.4, 0.5) is 0 Å². The fourth-order valence-corrected chi connectivity index (χ4v) is 9.42. The third-order valence-electron chi connectivity index (χ3n) is 13.2. The Morgan fingerprint density at radius 1 is 0.479 bits per heavy atom. The topological polar surface area (TPSA) is 186 Å². The predicted molar refractivity (Wildman–Crippen MR) is 289 cm³/mol. The summed E-state index contributed by atoms with van der Waals surface area (Å²) in [7, 11) is -4.62. The number of allylic oxidation sites excluding steroid dienone is 8. The van der Waals surface area contributed by atoms with Gasteiger partial charge in [0.2, 0.25) is 0 Å². The van der Waals surface area contributed by atoms with E-state index in [1.807, 2.05) is 12.2 Å². The minimum Gasteiger partial charge on any atom is -0.462 e. The summed E-state index contributed by atoms with van der Waals surface area (Å²) in [4.78, 5) is 25.6. The smallest absolute Gasteiger partial charge is 0.306 e. The van der Waals surface area contributed by atoms with Crippen LogP contribution in [0.15, 0.2) is 48.6 Å². The largest absolute Gasteiger partial charge is 0.462 e. The Hall–Kier alpha value is -2.39. The molecule has 0 aromatic rings. The summed E-state index contributed by atoms with van der Waals surface area (Å²) in [6, 6.07) is 0. The van der Waals surface area contributed by atoms with E-state index in [-0.39, 0.29) is 19.4 Å². The quantitative estimate of drug-likeness (QED) is 0.0196. The highest BCUT2D eigenvalue weighted by molar-refractivity contribution is 7.85. The summed E-state index contributed by atoms with van der Waals surface area (Å²) < 4.78 is 54.3. The zero-order valence-corrected chi connectivity index (χ0v) is 45.6. The molecule has 13 heteroatoms. The van der Waals surface area contributed by atoms with Crippen LogP contribution >= 0.6 is 0 Å². The molecular formula is C58H104O12S. The standard InChI is InChI=1S/C58H104O12S/c1-3-5-7-9-11-13-15-17-19-21-23-25-27-28-30-32-34-36-38-40-42-44-46-53(59)67-48-51(49-68-58-57(63)56(62)55(61)52(70-58)50-71(64,65)66)69-54(60)47-45-43-41-39-37-35-33-31-29-26-24-22-20-18-16-14-12-10-8-6-4-2/h20,22,26,29,33,35,39,41,51-52,55-58,61-63H,3-19,21,23-25,27-28,30-32,34,36-38,40,42-50H2,1-2H3,(H,64,65,66)/b22-20+,29-26+,35-33+,41-39+/t51-,52-,55-,56?,57?,58+/m1/s1. The summed E-state index contributed by atoms with van der Waals surface area (Å²) in [5, 5.41) is 31.0. The Morgan fingerprint density at radius 2 is 0.859 bits per heavy atom. The monoisotopic (exact) mass is 1020 g/mol. The van der Waals surface area contributed by atoms with Gasteiger partial charge in [-0.15, -0.1) is 0 Å². The zero-order valence-electron chi connectivity index (χ0n) is 44.8. The number of esters is 2. The van der Waals surface area contributed by atoms with E-state index in [9.17, 15) is 37.9 Å². The number of aliphatic hydroxyl groups excluding tert-OH is 3. The van der Waals surface area contributed by atoms with Gasteiger partial charge in [-0.2, -0.15) is 8.42 Å². The third kappa shape index (κ3) is 41.6. The SMILES string of the molecule is CCCCCCCCC/C=C/C/C=C/C/C=C/C/C=C/CCCC(=O)O[C@H](COC(=O)CCCCCCCCCCCCCCCCCCCCCCCC)CO[C@H]1O[C@H](CS(=O)(=O)O)[C@@H](O)C(O)C1O. The van der Waals surface area contributed by atoms with E-state index < -0.39 is 71.2 Å². The van der Waals surface area contributed by atoms with Crippen molar-refractivity contribution < 1.29 is 56.8 Å². The third-order valence-corrected chi connectivity index (χ3v) is 13.9. The number of hydrogen-bond acceptors (Lipinski definition) is 11. The zero-order chi connectivity index (χ0) is 51.9. The number of carbonyl (C=O) groups excluding carboxylic acids is 2. The molecule has 1 heterocycles. The lowest BCUT2D eigenvalue weighted by atomic mass is 10.00. The number of aliphatic hydroxyl groups is 3. The van der Waals surface area contributed by atoms with E-state index in [1.54, 1.807) is 0 Å². The van der Waals surface area contributed by atoms with Crippen molar-refractivity contribution in [3.8, 4) is 0 Å². The van der Waals surface area contributed by atoms with Gasteiger partial charge in [0, 0.05) is 12.8 Å². The molecule has 0 amide bonds. The second-order valence-corrected chi connectivity index (χ2v) is 21.5. The van der Waals surface area contributed by atoms with Gasteiger partial charge in [0.05, 0.1) is 6.61 Å². The van der Waals surface area contributed by atoms with Crippen molar-refractivity contribution in [3.05, 3.63) is 48.6 Å². The van der Waals surface area contributed by atoms with Gasteiger partial charge in [-0.1, -0.05) is 236 Å². The van der Waals surface area contributed by atoms with Crippen LogP contribution in [0.5, 0.6) is 0 Å². The molecule has 6 atom stereocenters. The molecule has 0 spiro atoms. The molecule has 0 aromatic heterocycles. The van der Waals surface area contributed by atoms with E-state index in [0.717, 1.165) is 44.9 Å². The lowest BCUT2D eigenvalue weighted by Crippen LogP contribution is -2.60. The molecule has 1 saturated heterocycles. The maximum Gasteiger partial charge on any atom is 0.306 e. The predicted octanol–water partition coefficient (Wildman–Crippen LogP) is 13.9. The highest BCUT2D eigenvalue weighted by Gasteiger charge is 2.46. The minimum atomic E-state index is -4.62. The number of unbranched alkanes of at least 4 members (excludes halogenated alkanes) is 29. The highest BCUT2D eigenvalue weighted by atomic mass is 32.2. The molecule has 4 N–H and O–H groups in total. The normalized spacial score (nSPS) is 19.2. The molecule has 1 fully saturated rings.